The van der Waals surface area contributed by atoms with Crippen LogP contribution in [0.25, 0.3) is 0 Å². The minimum Gasteiger partial charge on any atom is -0.480 e. The number of benzene rings is 1. The molecule has 146 valence electrons. The molecule has 0 saturated heterocycles. The quantitative estimate of drug-likeness (QED) is 0.751. The Bertz CT molecular complexity index is 713. The zero-order valence-corrected chi connectivity index (χ0v) is 16.2. The Morgan fingerprint density at radius 3 is 2.15 bits per heavy atom. The number of carbonyl (C=O) groups excluding carboxylic acids is 1. The summed E-state index contributed by atoms with van der Waals surface area (Å²) in [4.78, 5) is 25.5. The van der Waals surface area contributed by atoms with Crippen LogP contribution in [-0.2, 0) is 20.4 Å². The first-order chi connectivity index (χ1) is 12.9. The number of carboxylic acid groups (broad SMARTS) is 1. The number of hydrogen-bond acceptors (Lipinski definition) is 3. The summed E-state index contributed by atoms with van der Waals surface area (Å²) in [5, 5.41) is 12.4. The lowest BCUT2D eigenvalue weighted by molar-refractivity contribution is -0.151. The maximum absolute atomic E-state index is 13.1. The molecule has 5 rings (SSSR count). The fourth-order valence-corrected chi connectivity index (χ4v) is 7.02. The molecule has 0 radical (unpaired) electrons. The van der Waals surface area contributed by atoms with Crippen LogP contribution >= 0.6 is 0 Å². The van der Waals surface area contributed by atoms with Crippen LogP contribution in [-0.4, -0.2) is 33.0 Å². The Labute approximate surface area is 162 Å². The van der Waals surface area contributed by atoms with Crippen LogP contribution in [0.2, 0.25) is 0 Å². The zero-order valence-electron chi connectivity index (χ0n) is 15.4. The van der Waals surface area contributed by atoms with Gasteiger partial charge in [0.25, 0.3) is 0 Å². The lowest BCUT2D eigenvalue weighted by atomic mass is 9.49. The summed E-state index contributed by atoms with van der Waals surface area (Å²) in [6.07, 6.45) is 6.63. The van der Waals surface area contributed by atoms with Crippen molar-refractivity contribution < 1.29 is 18.9 Å². The fraction of sp³-hybridized carbons (Fsp3) is 0.619. The summed E-state index contributed by atoms with van der Waals surface area (Å²) >= 11 is 0. The topological polar surface area (TPSA) is 83.5 Å². The average molecular weight is 390 g/mol. The predicted molar refractivity (Wildman–Crippen MR) is 103 cm³/mol. The van der Waals surface area contributed by atoms with E-state index in [1.54, 1.807) is 12.1 Å². The van der Waals surface area contributed by atoms with Gasteiger partial charge in [0.1, 0.15) is 6.04 Å². The molecule has 0 unspecified atom stereocenters. The van der Waals surface area contributed by atoms with Crippen LogP contribution in [0.1, 0.15) is 44.9 Å². The summed E-state index contributed by atoms with van der Waals surface area (Å²) in [7, 11) is -1.26. The molecule has 4 fully saturated rings. The van der Waals surface area contributed by atoms with Crippen LogP contribution in [0.4, 0.5) is 0 Å². The summed E-state index contributed by atoms with van der Waals surface area (Å²) < 4.78 is 12.4. The normalized spacial score (nSPS) is 33.4. The number of carboxylic acids is 1. The molecule has 0 aromatic heterocycles. The van der Waals surface area contributed by atoms with Crippen LogP contribution in [0, 0.1) is 23.2 Å². The first-order valence-corrected chi connectivity index (χ1v) is 11.2. The molecule has 4 bridgehead atoms. The first-order valence-electron chi connectivity index (χ1n) is 9.92. The van der Waals surface area contributed by atoms with Crippen LogP contribution in [0.3, 0.4) is 0 Å². The van der Waals surface area contributed by atoms with Gasteiger partial charge < -0.3 is 10.4 Å². The van der Waals surface area contributed by atoms with Crippen molar-refractivity contribution in [1.29, 1.82) is 0 Å². The summed E-state index contributed by atoms with van der Waals surface area (Å²) in [6, 6.07) is 8.07. The van der Waals surface area contributed by atoms with Gasteiger partial charge in [-0.3, -0.25) is 9.00 Å². The second kappa shape index (κ2) is 7.38. The van der Waals surface area contributed by atoms with E-state index in [0.29, 0.717) is 22.6 Å². The maximum Gasteiger partial charge on any atom is 0.326 e. The second-order valence-corrected chi connectivity index (χ2v) is 10.3. The summed E-state index contributed by atoms with van der Waals surface area (Å²) in [5.41, 5.74) is -0.360. The van der Waals surface area contributed by atoms with E-state index < -0.39 is 22.8 Å². The molecule has 4 saturated carbocycles. The number of carbonyl (C=O) groups is 2. The number of hydrogen-bond donors (Lipinski definition) is 2. The molecule has 1 amide bonds. The van der Waals surface area contributed by atoms with Gasteiger partial charge in [0, 0.05) is 16.1 Å². The fourth-order valence-electron chi connectivity index (χ4n) is 5.87. The molecule has 1 aromatic carbocycles. The number of rotatable bonds is 7. The highest BCUT2D eigenvalue weighted by molar-refractivity contribution is 7.85. The minimum absolute atomic E-state index is 0.0838. The van der Waals surface area contributed by atoms with E-state index in [0.717, 1.165) is 19.3 Å². The molecule has 4 aliphatic carbocycles. The molecule has 0 spiro atoms. The zero-order chi connectivity index (χ0) is 19.0. The molecule has 1 aromatic rings. The van der Waals surface area contributed by atoms with Gasteiger partial charge in [0.2, 0.25) is 5.91 Å². The van der Waals surface area contributed by atoms with Crippen molar-refractivity contribution >= 4 is 22.7 Å². The van der Waals surface area contributed by atoms with Gasteiger partial charge >= 0.3 is 5.97 Å². The third-order valence-electron chi connectivity index (χ3n) is 6.72. The molecule has 6 heteroatoms. The molecular formula is C21H27NO4S. The Morgan fingerprint density at radius 1 is 1.07 bits per heavy atom. The number of aliphatic carboxylic acids is 1. The molecule has 5 nitrogen and oxygen atoms in total. The van der Waals surface area contributed by atoms with E-state index >= 15 is 0 Å². The van der Waals surface area contributed by atoms with E-state index in [9.17, 15) is 18.9 Å². The standard InChI is InChI=1S/C21H27NO4S/c23-19(24)18(6-7-27(26)17-4-2-1-3-5-17)22-20(25)21-11-14-8-15(12-21)10-16(9-14)13-21/h1-5,14-16,18H,6-13H2,(H,22,25)(H,23,24)/t14?,15?,16?,18-,21?,27+/m1/s1. The van der Waals surface area contributed by atoms with E-state index in [1.807, 2.05) is 18.2 Å². The van der Waals surface area contributed by atoms with Gasteiger partial charge in [-0.15, -0.1) is 0 Å². The van der Waals surface area contributed by atoms with Crippen molar-refractivity contribution in [3.63, 3.8) is 0 Å². The third-order valence-corrected chi connectivity index (χ3v) is 8.13. The van der Waals surface area contributed by atoms with Gasteiger partial charge in [0.05, 0.1) is 10.8 Å². The summed E-state index contributed by atoms with van der Waals surface area (Å²) in [5.74, 6) is 1.00. The van der Waals surface area contributed by atoms with Crippen molar-refractivity contribution in [2.45, 2.75) is 55.9 Å². The SMILES string of the molecule is O=C(O)[C@@H](CC[S@](=O)c1ccccc1)NC(=O)C12CC3CC(CC(C3)C1)C2. The second-order valence-electron chi connectivity index (χ2n) is 8.71. The van der Waals surface area contributed by atoms with Gasteiger partial charge in [-0.05, 0) is 74.8 Å². The Balaban J connectivity index is 1.39. The number of amides is 1. The van der Waals surface area contributed by atoms with Crippen molar-refractivity contribution in [2.24, 2.45) is 23.2 Å². The third kappa shape index (κ3) is 3.82. The maximum atomic E-state index is 13.1. The van der Waals surface area contributed by atoms with Gasteiger partial charge in [-0.2, -0.15) is 0 Å². The van der Waals surface area contributed by atoms with E-state index in [4.69, 9.17) is 0 Å². The van der Waals surface area contributed by atoms with Crippen LogP contribution in [0.5, 0.6) is 0 Å². The lowest BCUT2D eigenvalue weighted by Crippen LogP contribution is -2.56. The van der Waals surface area contributed by atoms with Gasteiger partial charge in [0.15, 0.2) is 0 Å². The first kappa shape index (κ1) is 18.7. The van der Waals surface area contributed by atoms with E-state index in [1.165, 1.54) is 19.3 Å². The molecule has 2 N–H and O–H groups in total. The Kier molecular flexibility index (Phi) is 5.10. The van der Waals surface area contributed by atoms with E-state index in [-0.39, 0.29) is 23.5 Å². The largest absolute Gasteiger partial charge is 0.480 e. The summed E-state index contributed by atoms with van der Waals surface area (Å²) in [6.45, 7) is 0. The molecular weight excluding hydrogens is 362 g/mol. The highest BCUT2D eigenvalue weighted by Gasteiger charge is 2.54. The highest BCUT2D eigenvalue weighted by atomic mass is 32.2. The van der Waals surface area contributed by atoms with E-state index in [2.05, 4.69) is 5.32 Å². The van der Waals surface area contributed by atoms with Gasteiger partial charge in [-0.1, -0.05) is 18.2 Å². The van der Waals surface area contributed by atoms with Gasteiger partial charge in [-0.25, -0.2) is 4.79 Å². The number of nitrogens with one attached hydrogen (secondary N) is 1. The van der Waals surface area contributed by atoms with Crippen molar-refractivity contribution in [2.75, 3.05) is 5.75 Å². The average Bonchev–Trinajstić information content (AvgIpc) is 2.64. The van der Waals surface area contributed by atoms with Crippen LogP contribution in [0.15, 0.2) is 35.2 Å². The minimum atomic E-state index is -1.26. The monoisotopic (exact) mass is 389 g/mol. The van der Waals surface area contributed by atoms with Crippen LogP contribution < -0.4 is 5.32 Å². The molecule has 2 atom stereocenters. The Hall–Kier alpha value is -1.69. The molecule has 0 heterocycles. The molecule has 4 aliphatic rings. The molecule has 27 heavy (non-hydrogen) atoms. The van der Waals surface area contributed by atoms with Crippen molar-refractivity contribution in [1.82, 2.24) is 5.32 Å². The smallest absolute Gasteiger partial charge is 0.326 e. The predicted octanol–water partition coefficient (Wildman–Crippen LogP) is 2.97. The van der Waals surface area contributed by atoms with Crippen molar-refractivity contribution in [3.05, 3.63) is 30.3 Å². The van der Waals surface area contributed by atoms with Crippen molar-refractivity contribution in [3.8, 4) is 0 Å². The Morgan fingerprint density at radius 2 is 1.63 bits per heavy atom. The lowest BCUT2D eigenvalue weighted by Gasteiger charge is -2.55. The highest BCUT2D eigenvalue weighted by Crippen LogP contribution is 2.60. The molecule has 0 aliphatic heterocycles.